The molecule has 4 rings (SSSR count). The summed E-state index contributed by atoms with van der Waals surface area (Å²) in [6.07, 6.45) is 0. The molecule has 1 amide bonds. The summed E-state index contributed by atoms with van der Waals surface area (Å²) in [6, 6.07) is 8.58. The molecular formula is C17H18BrN3O5S2. The van der Waals surface area contributed by atoms with Crippen molar-refractivity contribution in [2.75, 3.05) is 44.8 Å². The molecule has 0 unspecified atom stereocenters. The Kier molecular flexibility index (Phi) is 5.61. The SMILES string of the molecule is O=C(CN1CCN(S(=O)(=O)c2ccc(Br)s2)CC1)Nc1ccc2c(c1)OCO2. The fourth-order valence-electron chi connectivity index (χ4n) is 3.07. The van der Waals surface area contributed by atoms with E-state index in [4.69, 9.17) is 9.47 Å². The molecule has 0 saturated carbocycles. The summed E-state index contributed by atoms with van der Waals surface area (Å²) in [7, 11) is -3.48. The van der Waals surface area contributed by atoms with E-state index in [-0.39, 0.29) is 19.2 Å². The lowest BCUT2D eigenvalue weighted by molar-refractivity contribution is -0.117. The summed E-state index contributed by atoms with van der Waals surface area (Å²) < 4.78 is 38.5. The molecular weight excluding hydrogens is 470 g/mol. The molecule has 2 aromatic rings. The molecule has 0 aliphatic carbocycles. The first kappa shape index (κ1) is 19.6. The predicted molar refractivity (Wildman–Crippen MR) is 108 cm³/mol. The van der Waals surface area contributed by atoms with E-state index in [1.165, 1.54) is 15.6 Å². The van der Waals surface area contributed by atoms with Gasteiger partial charge < -0.3 is 14.8 Å². The number of piperazine rings is 1. The number of hydrogen-bond donors (Lipinski definition) is 1. The van der Waals surface area contributed by atoms with Crippen molar-refractivity contribution in [2.24, 2.45) is 0 Å². The third-order valence-electron chi connectivity index (χ3n) is 4.50. The number of amides is 1. The van der Waals surface area contributed by atoms with Gasteiger partial charge in [0.1, 0.15) is 4.21 Å². The van der Waals surface area contributed by atoms with Crippen LogP contribution in [0.5, 0.6) is 11.5 Å². The number of carbonyl (C=O) groups excluding carboxylic acids is 1. The van der Waals surface area contributed by atoms with Crippen molar-refractivity contribution in [3.8, 4) is 11.5 Å². The molecule has 0 radical (unpaired) electrons. The summed E-state index contributed by atoms with van der Waals surface area (Å²) in [4.78, 5) is 14.3. The average molecular weight is 488 g/mol. The standard InChI is InChI=1S/C17H18BrN3O5S2/c18-15-3-4-17(27-15)28(23,24)21-7-5-20(6-8-21)10-16(22)19-12-1-2-13-14(9-12)26-11-25-13/h1-4,9H,5-8,10-11H2,(H,19,22). The second kappa shape index (κ2) is 7.99. The number of carbonyl (C=O) groups is 1. The molecule has 2 aliphatic heterocycles. The largest absolute Gasteiger partial charge is 0.454 e. The van der Waals surface area contributed by atoms with Crippen molar-refractivity contribution in [2.45, 2.75) is 4.21 Å². The monoisotopic (exact) mass is 487 g/mol. The Morgan fingerprint density at radius 3 is 2.57 bits per heavy atom. The van der Waals surface area contributed by atoms with Crippen molar-refractivity contribution < 1.29 is 22.7 Å². The molecule has 3 heterocycles. The van der Waals surface area contributed by atoms with Gasteiger partial charge in [0.15, 0.2) is 11.5 Å². The fraction of sp³-hybridized carbons (Fsp3) is 0.353. The van der Waals surface area contributed by atoms with Crippen LogP contribution in [0.4, 0.5) is 5.69 Å². The molecule has 11 heteroatoms. The first-order chi connectivity index (χ1) is 13.4. The molecule has 1 aromatic carbocycles. The van der Waals surface area contributed by atoms with Gasteiger partial charge in [0.05, 0.1) is 10.3 Å². The van der Waals surface area contributed by atoms with Crippen LogP contribution in [-0.2, 0) is 14.8 Å². The Morgan fingerprint density at radius 1 is 1.11 bits per heavy atom. The number of hydrogen-bond acceptors (Lipinski definition) is 7. The summed E-state index contributed by atoms with van der Waals surface area (Å²) in [5.41, 5.74) is 0.638. The fourth-order valence-corrected chi connectivity index (χ4v) is 6.66. The van der Waals surface area contributed by atoms with Gasteiger partial charge in [-0.25, -0.2) is 8.42 Å². The smallest absolute Gasteiger partial charge is 0.252 e. The highest BCUT2D eigenvalue weighted by Gasteiger charge is 2.30. The van der Waals surface area contributed by atoms with Crippen LogP contribution in [-0.4, -0.2) is 63.0 Å². The van der Waals surface area contributed by atoms with Gasteiger partial charge in [-0.15, -0.1) is 11.3 Å². The molecule has 28 heavy (non-hydrogen) atoms. The Balaban J connectivity index is 1.30. The topological polar surface area (TPSA) is 88.2 Å². The molecule has 1 fully saturated rings. The van der Waals surface area contributed by atoms with Crippen LogP contribution in [0.3, 0.4) is 0 Å². The number of anilines is 1. The summed E-state index contributed by atoms with van der Waals surface area (Å²) in [5, 5.41) is 2.84. The van der Waals surface area contributed by atoms with Crippen molar-refractivity contribution in [3.63, 3.8) is 0 Å². The third-order valence-corrected chi connectivity index (χ3v) is 8.49. The zero-order valence-corrected chi connectivity index (χ0v) is 18.0. The van der Waals surface area contributed by atoms with Gasteiger partial charge >= 0.3 is 0 Å². The summed E-state index contributed by atoms with van der Waals surface area (Å²) in [6.45, 7) is 2.10. The van der Waals surface area contributed by atoms with Gasteiger partial charge in [-0.3, -0.25) is 9.69 Å². The first-order valence-electron chi connectivity index (χ1n) is 8.59. The Labute approximate surface area is 175 Å². The number of ether oxygens (including phenoxy) is 2. The zero-order chi connectivity index (χ0) is 19.7. The number of sulfonamides is 1. The van der Waals surface area contributed by atoms with E-state index in [2.05, 4.69) is 21.2 Å². The van der Waals surface area contributed by atoms with E-state index in [0.717, 1.165) is 3.79 Å². The van der Waals surface area contributed by atoms with Crippen LogP contribution >= 0.6 is 27.3 Å². The van der Waals surface area contributed by atoms with Crippen molar-refractivity contribution in [1.82, 2.24) is 9.21 Å². The quantitative estimate of drug-likeness (QED) is 0.695. The molecule has 8 nitrogen and oxygen atoms in total. The van der Waals surface area contributed by atoms with E-state index in [1.807, 2.05) is 4.90 Å². The molecule has 2 aliphatic rings. The lowest BCUT2D eigenvalue weighted by Gasteiger charge is -2.33. The van der Waals surface area contributed by atoms with Gasteiger partial charge in [0, 0.05) is 37.9 Å². The number of halogens is 1. The lowest BCUT2D eigenvalue weighted by atomic mass is 10.2. The second-order valence-corrected chi connectivity index (χ2v) is 11.0. The minimum absolute atomic E-state index is 0.155. The van der Waals surface area contributed by atoms with Crippen LogP contribution in [0.2, 0.25) is 0 Å². The first-order valence-corrected chi connectivity index (χ1v) is 11.6. The minimum atomic E-state index is -3.48. The number of thiophene rings is 1. The number of nitrogens with one attached hydrogen (secondary N) is 1. The van der Waals surface area contributed by atoms with Gasteiger partial charge in [0.25, 0.3) is 10.0 Å². The highest BCUT2D eigenvalue weighted by atomic mass is 79.9. The zero-order valence-electron chi connectivity index (χ0n) is 14.8. The highest BCUT2D eigenvalue weighted by Crippen LogP contribution is 2.34. The third kappa shape index (κ3) is 4.18. The van der Waals surface area contributed by atoms with E-state index in [9.17, 15) is 13.2 Å². The van der Waals surface area contributed by atoms with Crippen LogP contribution < -0.4 is 14.8 Å². The predicted octanol–water partition coefficient (Wildman–Crippen LogP) is 2.18. The maximum atomic E-state index is 12.7. The molecule has 1 saturated heterocycles. The second-order valence-electron chi connectivity index (χ2n) is 6.35. The lowest BCUT2D eigenvalue weighted by Crippen LogP contribution is -2.50. The van der Waals surface area contributed by atoms with Gasteiger partial charge in [0.2, 0.25) is 12.7 Å². The summed E-state index contributed by atoms with van der Waals surface area (Å²) >= 11 is 4.50. The number of benzene rings is 1. The van der Waals surface area contributed by atoms with Gasteiger partial charge in [-0.2, -0.15) is 4.31 Å². The molecule has 1 aromatic heterocycles. The molecule has 0 atom stereocenters. The molecule has 1 N–H and O–H groups in total. The van der Waals surface area contributed by atoms with Crippen molar-refractivity contribution >= 4 is 48.9 Å². The van der Waals surface area contributed by atoms with Crippen LogP contribution in [0.1, 0.15) is 0 Å². The molecule has 0 bridgehead atoms. The minimum Gasteiger partial charge on any atom is -0.454 e. The van der Waals surface area contributed by atoms with E-state index in [0.29, 0.717) is 47.6 Å². The average Bonchev–Trinajstić information content (AvgIpc) is 3.30. The van der Waals surface area contributed by atoms with Crippen LogP contribution in [0, 0.1) is 0 Å². The van der Waals surface area contributed by atoms with E-state index < -0.39 is 10.0 Å². The Hall–Kier alpha value is -1.66. The van der Waals surface area contributed by atoms with Gasteiger partial charge in [-0.1, -0.05) is 0 Å². The maximum absolute atomic E-state index is 12.7. The van der Waals surface area contributed by atoms with Crippen LogP contribution in [0.25, 0.3) is 0 Å². The summed E-state index contributed by atoms with van der Waals surface area (Å²) in [5.74, 6) is 1.11. The van der Waals surface area contributed by atoms with Gasteiger partial charge in [-0.05, 0) is 40.2 Å². The molecule has 150 valence electrons. The number of fused-ring (bicyclic) bond motifs is 1. The number of nitrogens with zero attached hydrogens (tertiary/aromatic N) is 2. The Bertz CT molecular complexity index is 986. The normalized spacial score (nSPS) is 17.6. The maximum Gasteiger partial charge on any atom is 0.252 e. The van der Waals surface area contributed by atoms with Crippen molar-refractivity contribution in [3.05, 3.63) is 34.1 Å². The van der Waals surface area contributed by atoms with E-state index in [1.54, 1.807) is 30.3 Å². The number of rotatable bonds is 5. The Morgan fingerprint density at radius 2 is 1.86 bits per heavy atom. The highest BCUT2D eigenvalue weighted by molar-refractivity contribution is 9.11. The van der Waals surface area contributed by atoms with Crippen molar-refractivity contribution in [1.29, 1.82) is 0 Å². The van der Waals surface area contributed by atoms with Crippen LogP contribution in [0.15, 0.2) is 38.3 Å². The molecule has 0 spiro atoms. The van der Waals surface area contributed by atoms with E-state index >= 15 is 0 Å².